The molecule has 35 heavy (non-hydrogen) atoms. The molecule has 9 nitrogen and oxygen atoms in total. The first-order valence-corrected chi connectivity index (χ1v) is 12.9. The fourth-order valence-corrected chi connectivity index (χ4v) is 5.55. The lowest BCUT2D eigenvalue weighted by atomic mass is 9.87. The van der Waals surface area contributed by atoms with Crippen LogP contribution >= 0.6 is 0 Å². The molecule has 2 aliphatic rings. The molecule has 2 N–H and O–H groups in total. The summed E-state index contributed by atoms with van der Waals surface area (Å²) in [5, 5.41) is 15.7. The first-order valence-electron chi connectivity index (χ1n) is 11.3. The molecule has 1 aromatic carbocycles. The molecule has 1 aliphatic carbocycles. The second kappa shape index (κ2) is 11.2. The summed E-state index contributed by atoms with van der Waals surface area (Å²) in [4.78, 5) is 6.12. The Morgan fingerprint density at radius 2 is 1.77 bits per heavy atom. The average Bonchev–Trinajstić information content (AvgIpc) is 3.35. The number of likely N-dealkylation sites (tertiary alicyclic amines) is 1. The number of aliphatic hydroxyl groups excluding tert-OH is 1. The third-order valence-corrected chi connectivity index (χ3v) is 7.96. The molecule has 2 fully saturated rings. The number of nitrogens with one attached hydrogen (secondary N) is 1. The van der Waals surface area contributed by atoms with E-state index in [1.807, 2.05) is 18.2 Å². The number of sulfonamides is 1. The van der Waals surface area contributed by atoms with Crippen molar-refractivity contribution in [3.63, 3.8) is 0 Å². The zero-order valence-corrected chi connectivity index (χ0v) is 19.7. The van der Waals surface area contributed by atoms with Gasteiger partial charge in [0.1, 0.15) is 0 Å². The van der Waals surface area contributed by atoms with Crippen LogP contribution in [0.5, 0.6) is 0 Å². The van der Waals surface area contributed by atoms with Gasteiger partial charge < -0.3 is 14.4 Å². The van der Waals surface area contributed by atoms with Gasteiger partial charge in [-0.15, -0.1) is 10.2 Å². The summed E-state index contributed by atoms with van der Waals surface area (Å²) in [5.41, 5.74) is 1.15. The molecule has 12 heteroatoms. The molecular weight excluding hydrogens is 480 g/mol. The molecule has 0 atom stereocenters. The van der Waals surface area contributed by atoms with Gasteiger partial charge in [-0.2, -0.15) is 8.78 Å². The quantitative estimate of drug-likeness (QED) is 0.520. The highest BCUT2D eigenvalue weighted by Crippen LogP contribution is 2.30. The second-order valence-corrected chi connectivity index (χ2v) is 10.5. The highest BCUT2D eigenvalue weighted by atomic mass is 32.2. The van der Waals surface area contributed by atoms with Crippen LogP contribution in [0.15, 0.2) is 59.3 Å². The van der Waals surface area contributed by atoms with Crippen LogP contribution in [0, 0.1) is 0 Å². The zero-order chi connectivity index (χ0) is 24.8. The van der Waals surface area contributed by atoms with Gasteiger partial charge in [0.05, 0.1) is 16.9 Å². The molecule has 1 saturated heterocycles. The fraction of sp³-hybridized carbons (Fsp3) is 0.435. The number of halogens is 2. The van der Waals surface area contributed by atoms with Gasteiger partial charge in [-0.1, -0.05) is 18.2 Å². The molecule has 2 aromatic heterocycles. The average molecular weight is 508 g/mol. The Labute approximate surface area is 202 Å². The Kier molecular flexibility index (Phi) is 8.04. The summed E-state index contributed by atoms with van der Waals surface area (Å²) in [5.74, 6) is -0.628. The van der Waals surface area contributed by atoms with Crippen LogP contribution in [0.2, 0.25) is 0 Å². The summed E-state index contributed by atoms with van der Waals surface area (Å²) in [6.07, 6.45) is 3.11. The predicted molar refractivity (Wildman–Crippen MR) is 125 cm³/mol. The molecule has 0 bridgehead atoms. The number of aromatic nitrogens is 3. The van der Waals surface area contributed by atoms with E-state index in [1.165, 1.54) is 6.20 Å². The summed E-state index contributed by atoms with van der Waals surface area (Å²) in [6.45, 7) is 1.61. The maximum absolute atomic E-state index is 12.4. The largest absolute Gasteiger partial charge is 0.415 e. The highest BCUT2D eigenvalue weighted by molar-refractivity contribution is 7.93. The number of nitrogens with zero attached hydrogens (tertiary/aromatic N) is 4. The van der Waals surface area contributed by atoms with Gasteiger partial charge in [-0.25, -0.2) is 8.42 Å². The van der Waals surface area contributed by atoms with Crippen LogP contribution < -0.4 is 4.72 Å². The monoisotopic (exact) mass is 507 g/mol. The molecule has 188 valence electrons. The molecular formula is C23H27F2N5O4S. The summed E-state index contributed by atoms with van der Waals surface area (Å²) >= 11 is 0. The van der Waals surface area contributed by atoms with Crippen LogP contribution in [-0.2, 0) is 10.0 Å². The lowest BCUT2D eigenvalue weighted by Gasteiger charge is -2.43. The molecule has 0 amide bonds. The summed E-state index contributed by atoms with van der Waals surface area (Å²) in [6, 6.07) is 12.8. The van der Waals surface area contributed by atoms with Crippen molar-refractivity contribution in [1.29, 1.82) is 0 Å². The second-order valence-electron chi connectivity index (χ2n) is 8.52. The number of piperidine rings is 1. The summed E-state index contributed by atoms with van der Waals surface area (Å²) in [7, 11) is -3.31. The Morgan fingerprint density at radius 1 is 1.06 bits per heavy atom. The molecule has 0 radical (unpaired) electrons. The van der Waals surface area contributed by atoms with E-state index in [0.29, 0.717) is 30.1 Å². The Balaban J connectivity index is 0.000000179. The molecule has 0 unspecified atom stereocenters. The van der Waals surface area contributed by atoms with Crippen molar-refractivity contribution in [3.8, 4) is 11.5 Å². The van der Waals surface area contributed by atoms with E-state index in [2.05, 4.69) is 24.8 Å². The van der Waals surface area contributed by atoms with Crippen molar-refractivity contribution >= 4 is 15.7 Å². The van der Waals surface area contributed by atoms with E-state index in [9.17, 15) is 22.3 Å². The van der Waals surface area contributed by atoms with Crippen molar-refractivity contribution in [1.82, 2.24) is 20.1 Å². The van der Waals surface area contributed by atoms with E-state index in [0.717, 1.165) is 25.9 Å². The maximum Gasteiger partial charge on any atom is 0.314 e. The number of anilines is 1. The lowest BCUT2D eigenvalue weighted by molar-refractivity contribution is -0.00508. The summed E-state index contributed by atoms with van der Waals surface area (Å²) < 4.78 is 56.4. The first kappa shape index (κ1) is 25.1. The van der Waals surface area contributed by atoms with E-state index in [1.54, 1.807) is 30.5 Å². The van der Waals surface area contributed by atoms with Crippen LogP contribution in [0.3, 0.4) is 0 Å². The number of hydrogen-bond donors (Lipinski definition) is 2. The number of benzene rings is 1. The normalized spacial score (nSPS) is 21.1. The number of hydrogen-bond acceptors (Lipinski definition) is 8. The van der Waals surface area contributed by atoms with Gasteiger partial charge in [-0.05, 0) is 63.0 Å². The van der Waals surface area contributed by atoms with Crippen molar-refractivity contribution in [3.05, 3.63) is 60.7 Å². The fourth-order valence-electron chi connectivity index (χ4n) is 4.09. The van der Waals surface area contributed by atoms with Gasteiger partial charge in [0.15, 0.2) is 0 Å². The van der Waals surface area contributed by atoms with Gasteiger partial charge in [-0.3, -0.25) is 9.71 Å². The molecule has 3 aromatic rings. The van der Waals surface area contributed by atoms with Crippen LogP contribution in [-0.4, -0.2) is 64.1 Å². The number of alkyl halides is 2. The first-order chi connectivity index (χ1) is 16.8. The molecule has 0 spiro atoms. The van der Waals surface area contributed by atoms with Crippen molar-refractivity contribution in [2.45, 2.75) is 49.5 Å². The van der Waals surface area contributed by atoms with Crippen LogP contribution in [0.1, 0.15) is 38.0 Å². The Hall–Kier alpha value is -2.96. The topological polar surface area (TPSA) is 121 Å². The highest BCUT2D eigenvalue weighted by Gasteiger charge is 2.37. The van der Waals surface area contributed by atoms with Gasteiger partial charge >= 0.3 is 6.43 Å². The Bertz CT molecular complexity index is 1170. The van der Waals surface area contributed by atoms with Gasteiger partial charge in [0.25, 0.3) is 5.89 Å². The third-order valence-electron chi connectivity index (χ3n) is 6.09. The van der Waals surface area contributed by atoms with E-state index in [-0.39, 0.29) is 17.2 Å². The molecule has 1 saturated carbocycles. The predicted octanol–water partition coefficient (Wildman–Crippen LogP) is 3.49. The van der Waals surface area contributed by atoms with Gasteiger partial charge in [0, 0.05) is 24.1 Å². The molecule has 5 rings (SSSR count). The van der Waals surface area contributed by atoms with Crippen LogP contribution in [0.25, 0.3) is 11.5 Å². The molecule has 1 aliphatic heterocycles. The van der Waals surface area contributed by atoms with Gasteiger partial charge in [0.2, 0.25) is 15.9 Å². The number of rotatable bonds is 6. The number of para-hydroxylation sites is 1. The number of pyridine rings is 1. The van der Waals surface area contributed by atoms with Crippen LogP contribution in [0.4, 0.5) is 14.5 Å². The minimum atomic E-state index is -3.31. The SMILES string of the molecule is FC(F)c1nnc(-c2cccnc2)o1.O=S(=O)(Nc1ccccc1)C1CCN(C2CC(O)C2)CC1. The van der Waals surface area contributed by atoms with E-state index >= 15 is 0 Å². The lowest BCUT2D eigenvalue weighted by Crippen LogP contribution is -2.51. The smallest absolute Gasteiger partial charge is 0.314 e. The minimum absolute atomic E-state index is 0.0494. The van der Waals surface area contributed by atoms with E-state index < -0.39 is 22.3 Å². The van der Waals surface area contributed by atoms with Crippen molar-refractivity contribution in [2.75, 3.05) is 17.8 Å². The standard InChI is InChI=1S/C15H22N2O3S.C8H5F2N3O/c18-14-10-13(11-14)17-8-6-15(7-9-17)21(19,20)16-12-4-2-1-3-5-12;9-6(10)8-13-12-7(14-8)5-2-1-3-11-4-5/h1-5,13-16,18H,6-11H2;1-4,6H. The number of aliphatic hydroxyl groups is 1. The Morgan fingerprint density at radius 3 is 2.34 bits per heavy atom. The van der Waals surface area contributed by atoms with Crippen molar-refractivity contribution < 1.29 is 26.7 Å². The maximum atomic E-state index is 12.4. The van der Waals surface area contributed by atoms with Crippen molar-refractivity contribution in [2.24, 2.45) is 0 Å². The van der Waals surface area contributed by atoms with E-state index in [4.69, 9.17) is 4.42 Å². The molecule has 3 heterocycles. The third kappa shape index (κ3) is 6.59. The zero-order valence-electron chi connectivity index (χ0n) is 18.9. The minimum Gasteiger partial charge on any atom is -0.415 e.